The Morgan fingerprint density at radius 3 is 2.65 bits per heavy atom. The fourth-order valence-electron chi connectivity index (χ4n) is 3.20. The minimum Gasteiger partial charge on any atom is -0.497 e. The number of fused-ring (bicyclic) bond motifs is 1. The lowest BCUT2D eigenvalue weighted by Crippen LogP contribution is -2.11. The molecule has 31 heavy (non-hydrogen) atoms. The van der Waals surface area contributed by atoms with Gasteiger partial charge in [-0.15, -0.1) is 21.5 Å². The summed E-state index contributed by atoms with van der Waals surface area (Å²) in [5, 5.41) is 18.1. The SMILES string of the molecule is COc1ccc(C(=O)Nc2cccc(-c3ccc4nnc(-c5cccs5)n4n3)c2)cc1. The molecule has 3 heterocycles. The Kier molecular flexibility index (Phi) is 4.89. The molecule has 1 amide bonds. The van der Waals surface area contributed by atoms with E-state index in [9.17, 15) is 4.79 Å². The Balaban J connectivity index is 1.43. The highest BCUT2D eigenvalue weighted by molar-refractivity contribution is 7.13. The first kappa shape index (κ1) is 19.0. The maximum Gasteiger partial charge on any atom is 0.255 e. The molecule has 1 N–H and O–H groups in total. The second-order valence-electron chi connectivity index (χ2n) is 6.75. The number of aromatic nitrogens is 4. The van der Waals surface area contributed by atoms with Crippen LogP contribution in [0.5, 0.6) is 5.75 Å². The molecule has 5 rings (SSSR count). The number of nitrogens with zero attached hydrogens (tertiary/aromatic N) is 4. The molecule has 8 heteroatoms. The molecule has 152 valence electrons. The highest BCUT2D eigenvalue weighted by Crippen LogP contribution is 2.26. The maximum atomic E-state index is 12.6. The van der Waals surface area contributed by atoms with Crippen LogP contribution in [0, 0.1) is 0 Å². The van der Waals surface area contributed by atoms with Crippen LogP contribution in [0.25, 0.3) is 27.6 Å². The van der Waals surface area contributed by atoms with Gasteiger partial charge in [0.15, 0.2) is 11.5 Å². The number of ether oxygens (including phenoxy) is 1. The van der Waals surface area contributed by atoms with Crippen molar-refractivity contribution in [1.29, 1.82) is 0 Å². The predicted molar refractivity (Wildman–Crippen MR) is 120 cm³/mol. The van der Waals surface area contributed by atoms with Crippen molar-refractivity contribution in [2.75, 3.05) is 12.4 Å². The van der Waals surface area contributed by atoms with Gasteiger partial charge in [0.1, 0.15) is 5.75 Å². The number of carbonyl (C=O) groups is 1. The Morgan fingerprint density at radius 1 is 1.00 bits per heavy atom. The number of benzene rings is 2. The van der Waals surface area contributed by atoms with Crippen molar-refractivity contribution in [1.82, 2.24) is 19.8 Å². The normalized spacial score (nSPS) is 10.9. The molecule has 0 saturated carbocycles. The van der Waals surface area contributed by atoms with E-state index in [1.54, 1.807) is 47.2 Å². The van der Waals surface area contributed by atoms with Crippen LogP contribution in [0.2, 0.25) is 0 Å². The summed E-state index contributed by atoms with van der Waals surface area (Å²) < 4.78 is 6.88. The first-order valence-electron chi connectivity index (χ1n) is 9.53. The molecular weight excluding hydrogens is 410 g/mol. The number of hydrogen-bond donors (Lipinski definition) is 1. The van der Waals surface area contributed by atoms with Gasteiger partial charge in [0, 0.05) is 16.8 Å². The lowest BCUT2D eigenvalue weighted by Gasteiger charge is -2.08. The van der Waals surface area contributed by atoms with Gasteiger partial charge in [-0.05, 0) is 60.0 Å². The summed E-state index contributed by atoms with van der Waals surface area (Å²) in [6, 6.07) is 22.3. The smallest absolute Gasteiger partial charge is 0.255 e. The monoisotopic (exact) mass is 427 g/mol. The van der Waals surface area contributed by atoms with Crippen LogP contribution in [-0.2, 0) is 0 Å². The molecule has 0 bridgehead atoms. The summed E-state index contributed by atoms with van der Waals surface area (Å²) in [6.45, 7) is 0. The Morgan fingerprint density at radius 2 is 1.87 bits per heavy atom. The molecule has 2 aromatic carbocycles. The average molecular weight is 427 g/mol. The van der Waals surface area contributed by atoms with E-state index < -0.39 is 0 Å². The lowest BCUT2D eigenvalue weighted by molar-refractivity contribution is 0.102. The van der Waals surface area contributed by atoms with E-state index in [2.05, 4.69) is 15.5 Å². The van der Waals surface area contributed by atoms with Gasteiger partial charge in [-0.3, -0.25) is 4.79 Å². The van der Waals surface area contributed by atoms with Gasteiger partial charge < -0.3 is 10.1 Å². The molecule has 0 aliphatic rings. The number of rotatable bonds is 5. The van der Waals surface area contributed by atoms with Crippen molar-refractivity contribution in [2.45, 2.75) is 0 Å². The van der Waals surface area contributed by atoms with E-state index in [4.69, 9.17) is 9.84 Å². The van der Waals surface area contributed by atoms with Gasteiger partial charge in [0.25, 0.3) is 5.91 Å². The third-order valence-electron chi connectivity index (χ3n) is 4.77. The average Bonchev–Trinajstić information content (AvgIpc) is 3.48. The van der Waals surface area contributed by atoms with Crippen molar-refractivity contribution in [3.05, 3.63) is 83.7 Å². The van der Waals surface area contributed by atoms with Gasteiger partial charge in [-0.1, -0.05) is 18.2 Å². The predicted octanol–water partition coefficient (Wildman–Crippen LogP) is 4.78. The first-order valence-corrected chi connectivity index (χ1v) is 10.4. The molecule has 0 atom stereocenters. The molecule has 0 spiro atoms. The minimum atomic E-state index is -0.193. The number of hydrogen-bond acceptors (Lipinski definition) is 6. The third-order valence-corrected chi connectivity index (χ3v) is 5.64. The van der Waals surface area contributed by atoms with Crippen LogP contribution in [0.15, 0.2) is 78.2 Å². The summed E-state index contributed by atoms with van der Waals surface area (Å²) in [4.78, 5) is 13.6. The van der Waals surface area contributed by atoms with Gasteiger partial charge >= 0.3 is 0 Å². The fourth-order valence-corrected chi connectivity index (χ4v) is 3.90. The van der Waals surface area contributed by atoms with Gasteiger partial charge in [0.2, 0.25) is 0 Å². The quantitative estimate of drug-likeness (QED) is 0.437. The highest BCUT2D eigenvalue weighted by Gasteiger charge is 2.12. The van der Waals surface area contributed by atoms with Gasteiger partial charge in [-0.25, -0.2) is 0 Å². The minimum absolute atomic E-state index is 0.193. The number of carbonyl (C=O) groups excluding carboxylic acids is 1. The summed E-state index contributed by atoms with van der Waals surface area (Å²) in [6.07, 6.45) is 0. The Labute approximate surface area is 182 Å². The Hall–Kier alpha value is -4.04. The number of methoxy groups -OCH3 is 1. The maximum absolute atomic E-state index is 12.6. The summed E-state index contributed by atoms with van der Waals surface area (Å²) >= 11 is 1.59. The number of anilines is 1. The lowest BCUT2D eigenvalue weighted by atomic mass is 10.1. The topological polar surface area (TPSA) is 81.4 Å². The molecule has 0 radical (unpaired) electrons. The zero-order valence-electron chi connectivity index (χ0n) is 16.5. The van der Waals surface area contributed by atoms with Crippen LogP contribution in [0.3, 0.4) is 0 Å². The fraction of sp³-hybridized carbons (Fsp3) is 0.0435. The van der Waals surface area contributed by atoms with E-state index >= 15 is 0 Å². The molecule has 0 saturated heterocycles. The summed E-state index contributed by atoms with van der Waals surface area (Å²) in [5.41, 5.74) is 3.54. The van der Waals surface area contributed by atoms with E-state index in [-0.39, 0.29) is 5.91 Å². The van der Waals surface area contributed by atoms with Crippen molar-refractivity contribution in [2.24, 2.45) is 0 Å². The van der Waals surface area contributed by atoms with Crippen LogP contribution in [0.4, 0.5) is 5.69 Å². The van der Waals surface area contributed by atoms with Crippen LogP contribution < -0.4 is 10.1 Å². The first-order chi connectivity index (χ1) is 15.2. The van der Waals surface area contributed by atoms with E-state index in [0.29, 0.717) is 28.5 Å². The molecule has 7 nitrogen and oxygen atoms in total. The van der Waals surface area contributed by atoms with Gasteiger partial charge in [-0.2, -0.15) is 9.61 Å². The zero-order valence-corrected chi connectivity index (χ0v) is 17.3. The second kappa shape index (κ2) is 8.00. The number of nitrogens with one attached hydrogen (secondary N) is 1. The third kappa shape index (κ3) is 3.76. The van der Waals surface area contributed by atoms with Crippen molar-refractivity contribution >= 4 is 28.6 Å². The van der Waals surface area contributed by atoms with Crippen LogP contribution in [0.1, 0.15) is 10.4 Å². The Bertz CT molecular complexity index is 1360. The number of thiophene rings is 1. The van der Waals surface area contributed by atoms with Crippen LogP contribution >= 0.6 is 11.3 Å². The molecule has 3 aromatic heterocycles. The molecular formula is C23H17N5O2S. The van der Waals surface area contributed by atoms with E-state index in [1.807, 2.05) is 53.9 Å². The van der Waals surface area contributed by atoms with Crippen molar-refractivity contribution in [3.63, 3.8) is 0 Å². The highest BCUT2D eigenvalue weighted by atomic mass is 32.1. The molecule has 0 aliphatic carbocycles. The largest absolute Gasteiger partial charge is 0.497 e. The van der Waals surface area contributed by atoms with E-state index in [1.165, 1.54) is 0 Å². The zero-order chi connectivity index (χ0) is 21.2. The van der Waals surface area contributed by atoms with E-state index in [0.717, 1.165) is 16.1 Å². The van der Waals surface area contributed by atoms with Crippen molar-refractivity contribution in [3.8, 4) is 27.7 Å². The summed E-state index contributed by atoms with van der Waals surface area (Å²) in [5.74, 6) is 1.22. The standard InChI is InChI=1S/C23H17N5O2S/c1-30-18-9-7-15(8-10-18)23(29)24-17-5-2-4-16(14-17)19-11-12-21-25-26-22(28(21)27-19)20-6-3-13-31-20/h2-14H,1H3,(H,24,29). The summed E-state index contributed by atoms with van der Waals surface area (Å²) in [7, 11) is 1.59. The second-order valence-corrected chi connectivity index (χ2v) is 7.70. The molecule has 0 aliphatic heterocycles. The van der Waals surface area contributed by atoms with Crippen LogP contribution in [-0.4, -0.2) is 32.8 Å². The molecule has 0 fully saturated rings. The van der Waals surface area contributed by atoms with Gasteiger partial charge in [0.05, 0.1) is 17.7 Å². The number of amides is 1. The van der Waals surface area contributed by atoms with Crippen molar-refractivity contribution < 1.29 is 9.53 Å². The molecule has 0 unspecified atom stereocenters. The molecule has 5 aromatic rings.